The largest absolute Gasteiger partial charge is 0.494 e. The van der Waals surface area contributed by atoms with E-state index in [4.69, 9.17) is 24.5 Å². The average molecular weight is 1420 g/mol. The zero-order chi connectivity index (χ0) is 66.5. The Morgan fingerprint density at radius 3 is 1.44 bits per heavy atom. The average Bonchev–Trinajstić information content (AvgIpc) is 1.05. The summed E-state index contributed by atoms with van der Waals surface area (Å²) in [5, 5.41) is 4.72. The normalized spacial score (nSPS) is 23.6. The summed E-state index contributed by atoms with van der Waals surface area (Å²) >= 11 is 6.48. The fourth-order valence-corrected chi connectivity index (χ4v) is 14.0. The second kappa shape index (κ2) is 25.2. The predicted molar refractivity (Wildman–Crippen MR) is 335 cm³/mol. The van der Waals surface area contributed by atoms with Gasteiger partial charge in [-0.1, -0.05) is 34.1 Å². The Kier molecular flexibility index (Phi) is 20.3. The van der Waals surface area contributed by atoms with Gasteiger partial charge in [0, 0.05) is 53.0 Å². The molecule has 0 spiro atoms. The first-order valence-corrected chi connectivity index (χ1v) is 33.3. The number of carbonyl (C=O) groups is 2. The van der Waals surface area contributed by atoms with Crippen LogP contribution in [-0.4, -0.2) is 141 Å². The van der Waals surface area contributed by atoms with Gasteiger partial charge in [0.05, 0.1) is 34.2 Å². The molecule has 1 saturated heterocycles. The second-order valence-corrected chi connectivity index (χ2v) is 32.5. The number of carbonyl (C=O) groups excluding carboxylic acids is 2. The maximum absolute atomic E-state index is 15.1. The molecule has 0 saturated carbocycles. The first-order chi connectivity index (χ1) is 40.0. The quantitative estimate of drug-likeness (QED) is 0.120. The molecule has 4 aromatic rings. The number of nitrogens with two attached hydrogens (primary N) is 1. The number of amides is 2. The Morgan fingerprint density at radius 2 is 1.01 bits per heavy atom. The molecule has 1 aromatic heterocycles. The van der Waals surface area contributed by atoms with Crippen LogP contribution in [0, 0.1) is 17.5 Å². The number of alkyl carbamates (subject to hydrolysis) is 2. The molecule has 4 aliphatic heterocycles. The summed E-state index contributed by atoms with van der Waals surface area (Å²) in [6.07, 6.45) is 0.932. The van der Waals surface area contributed by atoms with Crippen molar-refractivity contribution < 1.29 is 71.2 Å². The lowest BCUT2D eigenvalue weighted by Crippen LogP contribution is -2.54. The number of hydrogen-bond acceptors (Lipinski definition) is 17. The minimum absolute atomic E-state index is 0.0115. The molecule has 3 atom stereocenters. The van der Waals surface area contributed by atoms with E-state index in [9.17, 15) is 48.0 Å². The minimum Gasteiger partial charge on any atom is -0.444 e. The van der Waals surface area contributed by atoms with Gasteiger partial charge in [-0.2, -0.15) is 0 Å². The van der Waals surface area contributed by atoms with Crippen LogP contribution < -0.4 is 21.8 Å². The third-order valence-electron chi connectivity index (χ3n) is 14.3. The number of nitrogens with one attached hydrogen (secondary N) is 2. The highest BCUT2D eigenvalue weighted by molar-refractivity contribution is 9.10. The lowest BCUT2D eigenvalue weighted by Gasteiger charge is -2.36. The van der Waals surface area contributed by atoms with Crippen molar-refractivity contribution in [3.05, 3.63) is 127 Å². The number of aliphatic imine (C=N–C) groups is 3. The molecule has 2 amide bonds. The molecule has 32 heteroatoms. The van der Waals surface area contributed by atoms with Crippen LogP contribution in [0.2, 0.25) is 0 Å². The summed E-state index contributed by atoms with van der Waals surface area (Å²) in [5.41, 5.74) is -0.293. The van der Waals surface area contributed by atoms with Crippen molar-refractivity contribution in [2.75, 3.05) is 38.4 Å². The minimum atomic E-state index is -3.94. The van der Waals surface area contributed by atoms with Crippen LogP contribution in [0.4, 0.5) is 27.2 Å². The van der Waals surface area contributed by atoms with E-state index in [0.717, 1.165) is 19.0 Å². The number of aromatic nitrogens is 1. The zero-order valence-electron chi connectivity index (χ0n) is 51.3. The van der Waals surface area contributed by atoms with E-state index in [1.807, 2.05) is 27.7 Å². The molecule has 1 fully saturated rings. The molecule has 0 unspecified atom stereocenters. The van der Waals surface area contributed by atoms with Gasteiger partial charge in [0.15, 0.2) is 0 Å². The van der Waals surface area contributed by atoms with Gasteiger partial charge in [-0.25, -0.2) is 80.3 Å². The number of pyridine rings is 1. The SMILES string of the molecule is CN1C(N)=N[C@](C)(c2cc(/C=C(\F)c3ccc(Br)cn3)ccc2F)CS1(=O)=O.CN1C(NC(=O)OC(C)(C)C)=N[C@](C)(c2cc(B3OC(C)(C)C(C)(C)O3)ccc2F)CS1(=O)=O.CN1C(NC(=O)OC(C)(C)C)=N[C@](C)(c2cc(Br)ccc2F)CS1(=O)=O. The molecular weight excluding hydrogens is 1350 g/mol. The van der Waals surface area contributed by atoms with Crippen molar-refractivity contribution in [1.29, 1.82) is 0 Å². The molecule has 0 radical (unpaired) electrons. The van der Waals surface area contributed by atoms with Gasteiger partial charge < -0.3 is 24.5 Å². The lowest BCUT2D eigenvalue weighted by molar-refractivity contribution is 0.00578. The maximum atomic E-state index is 15.1. The molecule has 8 rings (SSSR count). The maximum Gasteiger partial charge on any atom is 0.494 e. The lowest BCUT2D eigenvalue weighted by atomic mass is 9.76. The predicted octanol–water partition coefficient (Wildman–Crippen LogP) is 8.71. The molecular formula is C56H71BBr2F4N10O12S3. The molecule has 0 bridgehead atoms. The van der Waals surface area contributed by atoms with Crippen molar-refractivity contribution in [3.8, 4) is 0 Å². The fourth-order valence-electron chi connectivity index (χ4n) is 8.98. The van der Waals surface area contributed by atoms with Crippen LogP contribution in [0.3, 0.4) is 0 Å². The topological polar surface area (TPSA) is 283 Å². The molecule has 5 heterocycles. The van der Waals surface area contributed by atoms with Crippen LogP contribution in [0.25, 0.3) is 11.9 Å². The van der Waals surface area contributed by atoms with E-state index >= 15 is 4.39 Å². The molecule has 88 heavy (non-hydrogen) atoms. The Morgan fingerprint density at radius 1 is 0.614 bits per heavy atom. The van der Waals surface area contributed by atoms with Crippen LogP contribution in [0.5, 0.6) is 0 Å². The van der Waals surface area contributed by atoms with E-state index in [1.165, 1.54) is 109 Å². The second-order valence-electron chi connectivity index (χ2n) is 24.6. The van der Waals surface area contributed by atoms with E-state index in [1.54, 1.807) is 47.6 Å². The van der Waals surface area contributed by atoms with Crippen LogP contribution in [-0.2, 0) is 65.5 Å². The van der Waals surface area contributed by atoms with Gasteiger partial charge in [-0.3, -0.25) is 15.6 Å². The molecule has 0 aliphatic carbocycles. The Balaban J connectivity index is 0.000000213. The number of benzene rings is 3. The van der Waals surface area contributed by atoms with Crippen LogP contribution in [0.15, 0.2) is 96.8 Å². The van der Waals surface area contributed by atoms with Crippen LogP contribution in [0.1, 0.15) is 118 Å². The van der Waals surface area contributed by atoms with Gasteiger partial charge >= 0.3 is 19.3 Å². The summed E-state index contributed by atoms with van der Waals surface area (Å²) in [6.45, 7) is 22.2. The van der Waals surface area contributed by atoms with E-state index in [2.05, 4.69) is 62.5 Å². The first-order valence-electron chi connectivity index (χ1n) is 26.9. The fraction of sp³-hybridized carbons (Fsp3) is 0.464. The monoisotopic (exact) mass is 1420 g/mol. The summed E-state index contributed by atoms with van der Waals surface area (Å²) in [4.78, 5) is 41.3. The third-order valence-corrected chi connectivity index (χ3v) is 21.1. The van der Waals surface area contributed by atoms with Gasteiger partial charge in [0.1, 0.15) is 51.1 Å². The number of guanidine groups is 3. The number of nitrogens with zero attached hydrogens (tertiary/aromatic N) is 7. The summed E-state index contributed by atoms with van der Waals surface area (Å²) in [5.74, 6) is -4.62. The van der Waals surface area contributed by atoms with Gasteiger partial charge in [0.25, 0.3) is 0 Å². The molecule has 3 aromatic carbocycles. The standard InChI is InChI=1S/C22H33BFN3O6S.C18H17BrF2N4O2S.C16H21BrFN3O4S/c1-19(2,3)31-18(28)25-17-26-22(8,13-34(29,30)27(17)9)15-12-14(10-11-16(15)24)23-32-20(4,5)21(6,7)33-23;1-18(10-28(26,27)25(2)17(22)24-18)13-7-11(3-5-14(13)20)8-15(21)16-6-4-12(19)9-23-16;1-15(2,3)25-14(22)19-13-20-16(4,9-26(23,24)21(13)5)11-8-10(17)6-7-12(11)18/h10-12H,13H2,1-9H3,(H,25,26,28);3-9H,10H2,1-2H3,(H2,22,24);6-8H,9H2,1-5H3,(H,19,20,22)/b;15-8-;/t22-;18-;16-/m000/s1. The van der Waals surface area contributed by atoms with E-state index in [0.29, 0.717) is 20.0 Å². The number of sulfonamides is 3. The van der Waals surface area contributed by atoms with Crippen molar-refractivity contribution in [2.24, 2.45) is 20.7 Å². The number of hydrogen-bond donors (Lipinski definition) is 3. The summed E-state index contributed by atoms with van der Waals surface area (Å²) in [6, 6.07) is 15.5. The van der Waals surface area contributed by atoms with E-state index in [-0.39, 0.29) is 40.3 Å². The van der Waals surface area contributed by atoms with E-state index < -0.39 is 129 Å². The smallest absolute Gasteiger partial charge is 0.444 e. The molecule has 4 N–H and O–H groups in total. The summed E-state index contributed by atoms with van der Waals surface area (Å²) < 4.78 is 160. The number of ether oxygens (including phenoxy) is 2. The van der Waals surface area contributed by atoms with Gasteiger partial charge in [0.2, 0.25) is 47.9 Å². The third kappa shape index (κ3) is 16.6. The highest BCUT2D eigenvalue weighted by Gasteiger charge is 2.53. The van der Waals surface area contributed by atoms with Crippen molar-refractivity contribution >= 4 is 116 Å². The number of rotatable bonds is 6. The Bertz CT molecular complexity index is 3860. The zero-order valence-corrected chi connectivity index (χ0v) is 56.9. The first kappa shape index (κ1) is 70.9. The van der Waals surface area contributed by atoms with Crippen molar-refractivity contribution in [1.82, 2.24) is 28.5 Å². The summed E-state index contributed by atoms with van der Waals surface area (Å²) in [7, 11) is -8.48. The molecule has 4 aliphatic rings. The Hall–Kier alpha value is -6.19. The number of halogens is 6. The highest BCUT2D eigenvalue weighted by Crippen LogP contribution is 2.40. The highest BCUT2D eigenvalue weighted by atomic mass is 79.9. The van der Waals surface area contributed by atoms with Crippen molar-refractivity contribution in [3.63, 3.8) is 0 Å². The Labute approximate surface area is 528 Å². The molecule has 480 valence electrons. The van der Waals surface area contributed by atoms with Gasteiger partial charge in [-0.05, 0) is 172 Å². The van der Waals surface area contributed by atoms with Gasteiger partial charge in [-0.15, -0.1) is 0 Å². The molecule has 22 nitrogen and oxygen atoms in total. The van der Waals surface area contributed by atoms with Crippen LogP contribution >= 0.6 is 31.9 Å². The van der Waals surface area contributed by atoms with Crippen molar-refractivity contribution in [2.45, 2.75) is 129 Å².